The zero-order valence-corrected chi connectivity index (χ0v) is 25.2. The number of aliphatic hydroxyl groups excluding tert-OH is 1. The van der Waals surface area contributed by atoms with Crippen molar-refractivity contribution in [3.8, 4) is 5.75 Å². The summed E-state index contributed by atoms with van der Waals surface area (Å²) in [5, 5.41) is 18.0. The van der Waals surface area contributed by atoms with Crippen LogP contribution in [0.2, 0.25) is 0 Å². The molecule has 0 aromatic heterocycles. The standard InChI is InChI=1S/C34H42N4O5/c1-22-19-38(23(2)21-39)33(41)27-16-10-18-29(35-32(40)25-12-5-4-6-13-25)31(27)43-30(22)20-37(3)34(42)36-28-17-9-14-24-11-7-8-15-26(24)28/h7-11,14-18,22-23,25,30,39H,4-6,12-13,19-21H2,1-3H3,(H,35,40)(H,36,42)/t22-,23+,30-/m1/s1. The van der Waals surface area contributed by atoms with E-state index in [1.54, 1.807) is 42.0 Å². The van der Waals surface area contributed by atoms with Crippen molar-refractivity contribution in [2.75, 3.05) is 37.4 Å². The first-order chi connectivity index (χ1) is 20.8. The van der Waals surface area contributed by atoms with Gasteiger partial charge in [-0.15, -0.1) is 0 Å². The van der Waals surface area contributed by atoms with Crippen molar-refractivity contribution >= 4 is 40.0 Å². The second kappa shape index (κ2) is 13.5. The lowest BCUT2D eigenvalue weighted by molar-refractivity contribution is -0.120. The van der Waals surface area contributed by atoms with E-state index in [1.165, 1.54) is 0 Å². The summed E-state index contributed by atoms with van der Waals surface area (Å²) in [5.41, 5.74) is 1.48. The molecule has 9 nitrogen and oxygen atoms in total. The Morgan fingerprint density at radius 2 is 1.70 bits per heavy atom. The van der Waals surface area contributed by atoms with Crippen molar-refractivity contribution in [1.82, 2.24) is 9.80 Å². The van der Waals surface area contributed by atoms with Crippen LogP contribution in [0.5, 0.6) is 5.75 Å². The van der Waals surface area contributed by atoms with Crippen molar-refractivity contribution in [3.05, 3.63) is 66.2 Å². The number of ether oxygens (including phenoxy) is 1. The SMILES string of the molecule is C[C@@H]1CN([C@@H](C)CO)C(=O)c2cccc(NC(=O)C3CCCCC3)c2O[C@@H]1CN(C)C(=O)Nc1cccc2ccccc12. The molecule has 3 aromatic rings. The van der Waals surface area contributed by atoms with E-state index in [0.717, 1.165) is 42.9 Å². The Balaban J connectivity index is 1.42. The van der Waals surface area contributed by atoms with Gasteiger partial charge in [0.05, 0.1) is 36.1 Å². The van der Waals surface area contributed by atoms with Crippen LogP contribution in [0.15, 0.2) is 60.7 Å². The van der Waals surface area contributed by atoms with Gasteiger partial charge in [-0.25, -0.2) is 4.79 Å². The van der Waals surface area contributed by atoms with Gasteiger partial charge in [-0.2, -0.15) is 0 Å². The molecule has 1 saturated carbocycles. The number of nitrogens with one attached hydrogen (secondary N) is 2. The number of carbonyl (C=O) groups is 3. The van der Waals surface area contributed by atoms with Crippen LogP contribution in [0.4, 0.5) is 16.2 Å². The minimum atomic E-state index is -0.503. The van der Waals surface area contributed by atoms with Crippen molar-refractivity contribution in [2.45, 2.75) is 58.1 Å². The predicted molar refractivity (Wildman–Crippen MR) is 168 cm³/mol. The van der Waals surface area contributed by atoms with Gasteiger partial charge in [0.15, 0.2) is 5.75 Å². The van der Waals surface area contributed by atoms with Crippen LogP contribution in [-0.4, -0.2) is 71.6 Å². The molecule has 1 fully saturated rings. The van der Waals surface area contributed by atoms with Crippen LogP contribution in [0, 0.1) is 11.8 Å². The molecule has 228 valence electrons. The lowest BCUT2D eigenvalue weighted by atomic mass is 9.88. The lowest BCUT2D eigenvalue weighted by Crippen LogP contribution is -2.50. The summed E-state index contributed by atoms with van der Waals surface area (Å²) in [6.07, 6.45) is 4.39. The minimum Gasteiger partial charge on any atom is -0.485 e. The number of carbonyl (C=O) groups excluding carboxylic acids is 3. The maximum atomic E-state index is 13.8. The van der Waals surface area contributed by atoms with Gasteiger partial charge in [0, 0.05) is 30.8 Å². The van der Waals surface area contributed by atoms with Crippen molar-refractivity contribution < 1.29 is 24.2 Å². The molecule has 1 aliphatic heterocycles. The van der Waals surface area contributed by atoms with Gasteiger partial charge in [0.1, 0.15) is 6.10 Å². The van der Waals surface area contributed by atoms with Gasteiger partial charge < -0.3 is 30.3 Å². The molecule has 9 heteroatoms. The average Bonchev–Trinajstić information content (AvgIpc) is 3.03. The number of anilines is 2. The quantitative estimate of drug-likeness (QED) is 0.327. The van der Waals surface area contributed by atoms with Crippen molar-refractivity contribution in [2.24, 2.45) is 11.8 Å². The average molecular weight is 587 g/mol. The number of para-hydroxylation sites is 1. The summed E-state index contributed by atoms with van der Waals surface area (Å²) < 4.78 is 6.60. The van der Waals surface area contributed by atoms with E-state index in [2.05, 4.69) is 10.6 Å². The van der Waals surface area contributed by atoms with Gasteiger partial charge in [-0.3, -0.25) is 9.59 Å². The summed E-state index contributed by atoms with van der Waals surface area (Å²) in [7, 11) is 1.71. The largest absolute Gasteiger partial charge is 0.485 e. The van der Waals surface area contributed by atoms with E-state index >= 15 is 0 Å². The van der Waals surface area contributed by atoms with Crippen LogP contribution in [0.3, 0.4) is 0 Å². The highest BCUT2D eigenvalue weighted by Crippen LogP contribution is 2.36. The van der Waals surface area contributed by atoms with E-state index in [4.69, 9.17) is 4.74 Å². The van der Waals surface area contributed by atoms with Gasteiger partial charge in [0.25, 0.3) is 5.91 Å². The number of amides is 4. The molecule has 3 aromatic carbocycles. The third kappa shape index (κ3) is 6.77. The van der Waals surface area contributed by atoms with Gasteiger partial charge in [-0.1, -0.05) is 68.7 Å². The smallest absolute Gasteiger partial charge is 0.321 e. The maximum absolute atomic E-state index is 13.8. The van der Waals surface area contributed by atoms with E-state index in [-0.39, 0.29) is 42.8 Å². The Kier molecular flexibility index (Phi) is 9.50. The summed E-state index contributed by atoms with van der Waals surface area (Å²) in [5.74, 6) is -0.300. The van der Waals surface area contributed by atoms with Crippen LogP contribution in [0.1, 0.15) is 56.3 Å². The number of aliphatic hydroxyl groups is 1. The molecular formula is C34H42N4O5. The molecule has 1 aliphatic carbocycles. The predicted octanol–water partition coefficient (Wildman–Crippen LogP) is 5.74. The zero-order chi connectivity index (χ0) is 30.5. The molecule has 0 bridgehead atoms. The van der Waals surface area contributed by atoms with E-state index in [9.17, 15) is 19.5 Å². The molecule has 3 N–H and O–H groups in total. The topological polar surface area (TPSA) is 111 Å². The number of likely N-dealkylation sites (N-methyl/N-ethyl adjacent to an activating group) is 1. The maximum Gasteiger partial charge on any atom is 0.321 e. The first-order valence-corrected chi connectivity index (χ1v) is 15.3. The van der Waals surface area contributed by atoms with Crippen LogP contribution < -0.4 is 15.4 Å². The fourth-order valence-electron chi connectivity index (χ4n) is 6.06. The number of benzene rings is 3. The third-order valence-corrected chi connectivity index (χ3v) is 8.76. The van der Waals surface area contributed by atoms with Crippen LogP contribution in [-0.2, 0) is 4.79 Å². The fourth-order valence-corrected chi connectivity index (χ4v) is 6.06. The van der Waals surface area contributed by atoms with Gasteiger partial charge in [-0.05, 0) is 43.4 Å². The number of urea groups is 1. The molecule has 0 radical (unpaired) electrons. The van der Waals surface area contributed by atoms with Gasteiger partial charge in [0.2, 0.25) is 5.91 Å². The highest BCUT2D eigenvalue weighted by atomic mass is 16.5. The van der Waals surface area contributed by atoms with E-state index in [0.29, 0.717) is 29.2 Å². The first kappa shape index (κ1) is 30.4. The molecule has 3 atom stereocenters. The molecule has 0 spiro atoms. The number of hydrogen-bond donors (Lipinski definition) is 3. The second-order valence-electron chi connectivity index (χ2n) is 12.0. The van der Waals surface area contributed by atoms with E-state index in [1.807, 2.05) is 49.4 Å². The molecule has 0 saturated heterocycles. The Morgan fingerprint density at radius 3 is 2.47 bits per heavy atom. The number of nitrogens with zero attached hydrogens (tertiary/aromatic N) is 2. The summed E-state index contributed by atoms with van der Waals surface area (Å²) in [6.45, 7) is 4.16. The Hall–Kier alpha value is -4.11. The summed E-state index contributed by atoms with van der Waals surface area (Å²) >= 11 is 0. The molecular weight excluding hydrogens is 544 g/mol. The molecule has 43 heavy (non-hydrogen) atoms. The monoisotopic (exact) mass is 586 g/mol. The van der Waals surface area contributed by atoms with Gasteiger partial charge >= 0.3 is 6.03 Å². The number of fused-ring (bicyclic) bond motifs is 2. The first-order valence-electron chi connectivity index (χ1n) is 15.3. The number of rotatable bonds is 7. The molecule has 4 amide bonds. The third-order valence-electron chi connectivity index (χ3n) is 8.76. The highest BCUT2D eigenvalue weighted by Gasteiger charge is 2.35. The zero-order valence-electron chi connectivity index (χ0n) is 25.2. The second-order valence-corrected chi connectivity index (χ2v) is 12.0. The Labute approximate surface area is 253 Å². The highest BCUT2D eigenvalue weighted by molar-refractivity contribution is 6.03. The van der Waals surface area contributed by atoms with Crippen LogP contribution >= 0.6 is 0 Å². The molecule has 1 heterocycles. The molecule has 0 unspecified atom stereocenters. The fraction of sp³-hybridized carbons (Fsp3) is 0.441. The Bertz CT molecular complexity index is 1460. The summed E-state index contributed by atoms with van der Waals surface area (Å²) in [6, 6.07) is 18.1. The van der Waals surface area contributed by atoms with Crippen molar-refractivity contribution in [1.29, 1.82) is 0 Å². The van der Waals surface area contributed by atoms with E-state index < -0.39 is 12.1 Å². The minimum absolute atomic E-state index is 0.0667. The molecule has 2 aliphatic rings. The Morgan fingerprint density at radius 1 is 1.00 bits per heavy atom. The van der Waals surface area contributed by atoms with Crippen molar-refractivity contribution in [3.63, 3.8) is 0 Å². The lowest BCUT2D eigenvalue weighted by Gasteiger charge is -2.38. The normalized spacial score (nSPS) is 19.9. The number of hydrogen-bond acceptors (Lipinski definition) is 5. The van der Waals surface area contributed by atoms with Crippen LogP contribution in [0.25, 0.3) is 10.8 Å². The summed E-state index contributed by atoms with van der Waals surface area (Å²) in [4.78, 5) is 43.6. The molecule has 5 rings (SSSR count).